The molecule has 2 heterocycles. The maximum absolute atomic E-state index is 13.4. The number of nitrogens with one attached hydrogen (secondary N) is 3. The molecule has 1 atom stereocenters. The van der Waals surface area contributed by atoms with Crippen molar-refractivity contribution in [3.8, 4) is 0 Å². The predicted molar refractivity (Wildman–Crippen MR) is 183 cm³/mol. The van der Waals surface area contributed by atoms with Gasteiger partial charge in [0.1, 0.15) is 24.9 Å². The van der Waals surface area contributed by atoms with E-state index in [2.05, 4.69) is 16.0 Å². The molecule has 16 heteroatoms. The first-order valence-corrected chi connectivity index (χ1v) is 19.4. The van der Waals surface area contributed by atoms with Crippen LogP contribution in [0.1, 0.15) is 95.5 Å². The number of hydrogen-bond acceptors (Lipinski definition) is 11. The van der Waals surface area contributed by atoms with Crippen molar-refractivity contribution in [2.24, 2.45) is 0 Å². The van der Waals surface area contributed by atoms with Crippen molar-refractivity contribution < 1.29 is 41.9 Å². The molecule has 14 nitrogen and oxygen atoms in total. The van der Waals surface area contributed by atoms with Gasteiger partial charge in [0, 0.05) is 49.1 Å². The lowest BCUT2D eigenvalue weighted by Crippen LogP contribution is -2.57. The van der Waals surface area contributed by atoms with E-state index < -0.39 is 55.9 Å². The first-order chi connectivity index (χ1) is 22.4. The van der Waals surface area contributed by atoms with Gasteiger partial charge in [0.25, 0.3) is 11.8 Å². The van der Waals surface area contributed by atoms with Gasteiger partial charge in [0.15, 0.2) is 8.87 Å². The molecule has 0 aliphatic carbocycles. The Morgan fingerprint density at radius 3 is 2.29 bits per heavy atom. The largest absolute Gasteiger partial charge is 0.448 e. The van der Waals surface area contributed by atoms with E-state index in [1.165, 1.54) is 4.90 Å². The number of likely N-dealkylation sites (tertiary alicyclic amines) is 1. The van der Waals surface area contributed by atoms with Gasteiger partial charge in [-0.25, -0.2) is 18.0 Å². The van der Waals surface area contributed by atoms with Crippen molar-refractivity contribution in [2.75, 3.05) is 37.9 Å². The van der Waals surface area contributed by atoms with E-state index in [1.54, 1.807) is 26.0 Å². The maximum Gasteiger partial charge on any atom is 0.408 e. The Bertz CT molecular complexity index is 1460. The third kappa shape index (κ3) is 12.2. The molecule has 2 aliphatic rings. The summed E-state index contributed by atoms with van der Waals surface area (Å²) in [6, 6.07) is 4.56. The van der Waals surface area contributed by atoms with Crippen LogP contribution in [0.25, 0.3) is 0 Å². The minimum atomic E-state index is -3.37. The Balaban J connectivity index is 1.45. The number of anilines is 1. The van der Waals surface area contributed by atoms with E-state index in [-0.39, 0.29) is 31.9 Å². The van der Waals surface area contributed by atoms with Gasteiger partial charge in [0.2, 0.25) is 5.91 Å². The fraction of sp³-hybridized carbons (Fsp3) is 0.656. The normalized spacial score (nSPS) is 16.9. The van der Waals surface area contributed by atoms with Crippen molar-refractivity contribution in [1.82, 2.24) is 20.4 Å². The van der Waals surface area contributed by atoms with Crippen LogP contribution in [-0.4, -0.2) is 97.1 Å². The van der Waals surface area contributed by atoms with Gasteiger partial charge in [-0.2, -0.15) is 0 Å². The average Bonchev–Trinajstić information content (AvgIpc) is 3.29. The lowest BCUT2D eigenvalue weighted by molar-refractivity contribution is -0.152. The molecular weight excluding hydrogens is 663 g/mol. The second-order valence-corrected chi connectivity index (χ2v) is 18.6. The number of carbonyl (C=O) groups excluding carboxylic acids is 5. The van der Waals surface area contributed by atoms with Gasteiger partial charge in [-0.3, -0.25) is 19.3 Å². The van der Waals surface area contributed by atoms with Crippen LogP contribution in [0.4, 0.5) is 15.3 Å². The van der Waals surface area contributed by atoms with E-state index in [1.807, 2.05) is 26.8 Å². The summed E-state index contributed by atoms with van der Waals surface area (Å²) in [6.07, 6.45) is 4.72. The molecule has 48 heavy (non-hydrogen) atoms. The van der Waals surface area contributed by atoms with Crippen LogP contribution >= 0.6 is 10.8 Å². The zero-order valence-corrected chi connectivity index (χ0v) is 30.3. The number of carbonyl (C=O) groups is 5. The maximum atomic E-state index is 13.4. The third-order valence-corrected chi connectivity index (χ3v) is 10.6. The standard InChI is InChI=1S/C32H49N5O9S2/c1-31(2,3)46-30(42)34-18-11-9-7-8-10-17-33-24-14-12-13-22-23(24)19-36(27(22)39)25-15-16-26(38)37(28(25)40)21-35-29(41)45-20-32(4,5)47-48(6,43)44/h12-14,25,33H,7-11,15-21H2,1-6H3,(H,34,42)(H,35,41). The summed E-state index contributed by atoms with van der Waals surface area (Å²) in [6.45, 7) is 9.53. The van der Waals surface area contributed by atoms with Gasteiger partial charge in [-0.1, -0.05) is 25.3 Å². The average molecular weight is 712 g/mol. The minimum Gasteiger partial charge on any atom is -0.448 e. The summed E-state index contributed by atoms with van der Waals surface area (Å²) in [5, 5.41) is 8.58. The molecule has 5 amide bonds. The molecule has 0 radical (unpaired) electrons. The number of ether oxygens (including phenoxy) is 2. The summed E-state index contributed by atoms with van der Waals surface area (Å²) < 4.78 is 32.6. The summed E-state index contributed by atoms with van der Waals surface area (Å²) in [7, 11) is -2.71. The van der Waals surface area contributed by atoms with Crippen LogP contribution < -0.4 is 16.0 Å². The number of alkyl carbamates (subject to hydrolysis) is 2. The predicted octanol–water partition coefficient (Wildman–Crippen LogP) is 4.20. The van der Waals surface area contributed by atoms with E-state index in [4.69, 9.17) is 9.47 Å². The first-order valence-electron chi connectivity index (χ1n) is 16.2. The molecule has 0 spiro atoms. The monoisotopic (exact) mass is 711 g/mol. The highest BCUT2D eigenvalue weighted by molar-refractivity contribution is 8.72. The Hall–Kier alpha value is -3.53. The highest BCUT2D eigenvalue weighted by Crippen LogP contribution is 2.33. The van der Waals surface area contributed by atoms with Crippen LogP contribution in [-0.2, 0) is 34.5 Å². The van der Waals surface area contributed by atoms with Crippen molar-refractivity contribution in [1.29, 1.82) is 0 Å². The van der Waals surface area contributed by atoms with Crippen LogP contribution in [0.5, 0.6) is 0 Å². The molecule has 0 aromatic heterocycles. The number of unbranched alkanes of at least 4 members (excludes halogenated alkanes) is 4. The van der Waals surface area contributed by atoms with Crippen molar-refractivity contribution >= 4 is 55.3 Å². The zero-order chi connectivity index (χ0) is 35.7. The van der Waals surface area contributed by atoms with Crippen LogP contribution in [0.2, 0.25) is 0 Å². The molecule has 2 aliphatic heterocycles. The molecule has 3 rings (SSSR count). The molecule has 1 aromatic rings. The fourth-order valence-electron chi connectivity index (χ4n) is 5.42. The SMILES string of the molecule is CC(C)(C)OC(=O)NCCCCCCCNc1cccc2c1CN(C1CCC(=O)N(CNC(=O)OCC(C)(C)SS(C)(=O)=O)C1=O)C2=O. The highest BCUT2D eigenvalue weighted by Gasteiger charge is 2.43. The number of rotatable bonds is 16. The summed E-state index contributed by atoms with van der Waals surface area (Å²) in [5.41, 5.74) is 1.60. The summed E-state index contributed by atoms with van der Waals surface area (Å²) >= 11 is 0. The minimum absolute atomic E-state index is 0.0213. The van der Waals surface area contributed by atoms with Crippen LogP contribution in [0.15, 0.2) is 18.2 Å². The number of benzene rings is 1. The van der Waals surface area contributed by atoms with Gasteiger partial charge >= 0.3 is 12.2 Å². The van der Waals surface area contributed by atoms with Crippen LogP contribution in [0.3, 0.4) is 0 Å². The second-order valence-electron chi connectivity index (χ2n) is 13.6. The number of amides is 5. The molecule has 0 saturated carbocycles. The first kappa shape index (κ1) is 38.9. The molecule has 1 aromatic carbocycles. The quantitative estimate of drug-likeness (QED) is 0.127. The number of piperidine rings is 1. The van der Waals surface area contributed by atoms with Gasteiger partial charge in [-0.15, -0.1) is 0 Å². The number of imide groups is 1. The highest BCUT2D eigenvalue weighted by atomic mass is 33.1. The summed E-state index contributed by atoms with van der Waals surface area (Å²) in [4.78, 5) is 65.9. The Morgan fingerprint density at radius 1 is 0.958 bits per heavy atom. The number of hydrogen-bond donors (Lipinski definition) is 3. The van der Waals surface area contributed by atoms with E-state index in [0.717, 1.165) is 54.5 Å². The van der Waals surface area contributed by atoms with Gasteiger partial charge < -0.3 is 30.3 Å². The Labute approximate surface area is 286 Å². The van der Waals surface area contributed by atoms with Crippen LogP contribution in [0, 0.1) is 0 Å². The molecule has 1 unspecified atom stereocenters. The molecule has 1 fully saturated rings. The molecular formula is C32H49N5O9S2. The lowest BCUT2D eigenvalue weighted by atomic mass is 10.0. The topological polar surface area (TPSA) is 181 Å². The zero-order valence-electron chi connectivity index (χ0n) is 28.7. The molecule has 3 N–H and O–H groups in total. The molecule has 1 saturated heterocycles. The molecule has 0 bridgehead atoms. The van der Waals surface area contributed by atoms with Crippen molar-refractivity contribution in [2.45, 2.75) is 102 Å². The number of nitrogens with zero attached hydrogens (tertiary/aromatic N) is 2. The molecule has 268 valence electrons. The lowest BCUT2D eigenvalue weighted by Gasteiger charge is -2.35. The summed E-state index contributed by atoms with van der Waals surface area (Å²) in [5.74, 6) is -1.36. The van der Waals surface area contributed by atoms with E-state index >= 15 is 0 Å². The van der Waals surface area contributed by atoms with Crippen molar-refractivity contribution in [3.63, 3.8) is 0 Å². The Kier molecular flexibility index (Phi) is 13.6. The van der Waals surface area contributed by atoms with E-state index in [9.17, 15) is 32.4 Å². The second kappa shape index (κ2) is 16.7. The fourth-order valence-corrected chi connectivity index (χ4v) is 8.95. The smallest absolute Gasteiger partial charge is 0.408 e. The Morgan fingerprint density at radius 2 is 1.62 bits per heavy atom. The van der Waals surface area contributed by atoms with Gasteiger partial charge in [-0.05, 0) is 76.8 Å². The van der Waals surface area contributed by atoms with E-state index in [0.29, 0.717) is 29.4 Å². The van der Waals surface area contributed by atoms with Gasteiger partial charge in [0.05, 0.1) is 4.75 Å². The third-order valence-electron chi connectivity index (χ3n) is 7.50. The number of fused-ring (bicyclic) bond motifs is 1. The van der Waals surface area contributed by atoms with Crippen molar-refractivity contribution in [3.05, 3.63) is 29.3 Å².